The Morgan fingerprint density at radius 1 is 1.53 bits per heavy atom. The molecule has 1 aromatic heterocycles. The number of aromatic nitrogens is 2. The average molecular weight is 211 g/mol. The molecule has 0 aromatic carbocycles. The fraction of sp³-hybridized carbons (Fsp3) is 0.727. The van der Waals surface area contributed by atoms with Crippen LogP contribution in [0.15, 0.2) is 6.20 Å². The topological polar surface area (TPSA) is 39.1 Å². The quantitative estimate of drug-likeness (QED) is 0.720. The van der Waals surface area contributed by atoms with Crippen LogP contribution in [0.5, 0.6) is 0 Å². The molecule has 0 aliphatic carbocycles. The Hall–Kier alpha value is -0.870. The van der Waals surface area contributed by atoms with Crippen molar-refractivity contribution >= 4 is 0 Å². The number of hydrogen-bond donors (Lipinski definition) is 1. The summed E-state index contributed by atoms with van der Waals surface area (Å²) in [5, 5.41) is 7.62. The maximum Gasteiger partial charge on any atom is 0.0638 e. The van der Waals surface area contributed by atoms with Gasteiger partial charge >= 0.3 is 0 Å². The molecular formula is C11H21N3O. The summed E-state index contributed by atoms with van der Waals surface area (Å²) in [5.41, 5.74) is 2.34. The van der Waals surface area contributed by atoms with Gasteiger partial charge in [-0.15, -0.1) is 0 Å². The molecule has 0 bridgehead atoms. The van der Waals surface area contributed by atoms with Gasteiger partial charge < -0.3 is 10.1 Å². The Morgan fingerprint density at radius 2 is 2.27 bits per heavy atom. The Bertz CT molecular complexity index is 294. The van der Waals surface area contributed by atoms with E-state index >= 15 is 0 Å². The van der Waals surface area contributed by atoms with E-state index in [1.165, 1.54) is 5.56 Å². The second-order valence-electron chi connectivity index (χ2n) is 4.01. The summed E-state index contributed by atoms with van der Waals surface area (Å²) in [6, 6.07) is 0. The normalized spacial score (nSPS) is 11.3. The second kappa shape index (κ2) is 5.88. The first-order valence-electron chi connectivity index (χ1n) is 5.41. The van der Waals surface area contributed by atoms with Crippen molar-refractivity contribution < 1.29 is 4.74 Å². The molecule has 0 fully saturated rings. The fourth-order valence-corrected chi connectivity index (χ4v) is 1.41. The molecule has 0 aliphatic heterocycles. The molecule has 0 amide bonds. The van der Waals surface area contributed by atoms with E-state index in [2.05, 4.69) is 10.4 Å². The molecule has 0 saturated carbocycles. The number of ether oxygens (including phenoxy) is 1. The van der Waals surface area contributed by atoms with E-state index in [4.69, 9.17) is 4.74 Å². The van der Waals surface area contributed by atoms with Gasteiger partial charge in [-0.3, -0.25) is 4.68 Å². The largest absolute Gasteiger partial charge is 0.377 e. The van der Waals surface area contributed by atoms with Crippen LogP contribution in [-0.4, -0.2) is 29.0 Å². The molecular weight excluding hydrogens is 190 g/mol. The van der Waals surface area contributed by atoms with Crippen molar-refractivity contribution in [2.45, 2.75) is 33.4 Å². The van der Waals surface area contributed by atoms with Gasteiger partial charge in [-0.1, -0.05) is 0 Å². The van der Waals surface area contributed by atoms with Crippen molar-refractivity contribution in [1.29, 1.82) is 0 Å². The molecule has 4 nitrogen and oxygen atoms in total. The lowest BCUT2D eigenvalue weighted by molar-refractivity contribution is 0.0807. The first-order chi connectivity index (χ1) is 7.09. The first-order valence-corrected chi connectivity index (χ1v) is 5.41. The van der Waals surface area contributed by atoms with Gasteiger partial charge in [0.05, 0.1) is 18.4 Å². The van der Waals surface area contributed by atoms with Crippen LogP contribution in [-0.2, 0) is 18.3 Å². The lowest BCUT2D eigenvalue weighted by Crippen LogP contribution is -2.21. The molecule has 0 aliphatic rings. The Kier molecular flexibility index (Phi) is 4.78. The highest BCUT2D eigenvalue weighted by atomic mass is 16.5. The summed E-state index contributed by atoms with van der Waals surface area (Å²) in [5.74, 6) is 0. The third kappa shape index (κ3) is 4.44. The van der Waals surface area contributed by atoms with Crippen LogP contribution in [0.25, 0.3) is 0 Å². The highest BCUT2D eigenvalue weighted by molar-refractivity contribution is 5.14. The van der Waals surface area contributed by atoms with Crippen LogP contribution >= 0.6 is 0 Å². The number of nitrogens with zero attached hydrogens (tertiary/aromatic N) is 2. The summed E-state index contributed by atoms with van der Waals surface area (Å²) >= 11 is 0. The number of rotatable bonds is 6. The van der Waals surface area contributed by atoms with Gasteiger partial charge in [0, 0.05) is 31.9 Å². The van der Waals surface area contributed by atoms with Gasteiger partial charge in [0.15, 0.2) is 0 Å². The molecule has 86 valence electrons. The van der Waals surface area contributed by atoms with E-state index in [1.54, 1.807) is 0 Å². The predicted molar refractivity (Wildman–Crippen MR) is 60.7 cm³/mol. The van der Waals surface area contributed by atoms with Gasteiger partial charge in [0.2, 0.25) is 0 Å². The Labute approximate surface area is 91.6 Å². The molecule has 0 unspecified atom stereocenters. The summed E-state index contributed by atoms with van der Waals surface area (Å²) in [7, 11) is 1.94. The molecule has 4 heteroatoms. The van der Waals surface area contributed by atoms with Gasteiger partial charge in [-0.2, -0.15) is 5.10 Å². The van der Waals surface area contributed by atoms with Crippen molar-refractivity contribution in [2.24, 2.45) is 7.05 Å². The number of hydrogen-bond acceptors (Lipinski definition) is 3. The van der Waals surface area contributed by atoms with Crippen molar-refractivity contribution in [3.8, 4) is 0 Å². The molecule has 1 heterocycles. The third-order valence-electron chi connectivity index (χ3n) is 2.16. The van der Waals surface area contributed by atoms with E-state index < -0.39 is 0 Å². The van der Waals surface area contributed by atoms with Crippen molar-refractivity contribution in [3.05, 3.63) is 17.5 Å². The Balaban J connectivity index is 2.17. The number of aryl methyl sites for hydroxylation is 2. The highest BCUT2D eigenvalue weighted by Gasteiger charge is 2.01. The van der Waals surface area contributed by atoms with E-state index in [-0.39, 0.29) is 0 Å². The van der Waals surface area contributed by atoms with Crippen molar-refractivity contribution in [1.82, 2.24) is 15.1 Å². The Morgan fingerprint density at radius 3 is 2.80 bits per heavy atom. The van der Waals surface area contributed by atoms with Crippen LogP contribution in [0.1, 0.15) is 25.1 Å². The SMILES string of the molecule is Cc1nn(C)cc1CNCCOC(C)C. The molecule has 15 heavy (non-hydrogen) atoms. The molecule has 0 spiro atoms. The predicted octanol–water partition coefficient (Wildman–Crippen LogP) is 1.24. The van der Waals surface area contributed by atoms with Crippen LogP contribution in [0.2, 0.25) is 0 Å². The molecule has 1 N–H and O–H groups in total. The zero-order valence-electron chi connectivity index (χ0n) is 10.1. The molecule has 0 atom stereocenters. The minimum Gasteiger partial charge on any atom is -0.377 e. The molecule has 0 saturated heterocycles. The maximum absolute atomic E-state index is 5.43. The van der Waals surface area contributed by atoms with Crippen LogP contribution in [0.4, 0.5) is 0 Å². The fourth-order valence-electron chi connectivity index (χ4n) is 1.41. The zero-order valence-corrected chi connectivity index (χ0v) is 10.1. The highest BCUT2D eigenvalue weighted by Crippen LogP contribution is 2.03. The standard InChI is InChI=1S/C11H21N3O/c1-9(2)15-6-5-12-7-11-8-14(4)13-10(11)3/h8-9,12H,5-7H2,1-4H3. The van der Waals surface area contributed by atoms with Crippen LogP contribution in [0.3, 0.4) is 0 Å². The van der Waals surface area contributed by atoms with Gasteiger partial charge in [-0.25, -0.2) is 0 Å². The summed E-state index contributed by atoms with van der Waals surface area (Å²) < 4.78 is 7.28. The lowest BCUT2D eigenvalue weighted by Gasteiger charge is -2.07. The van der Waals surface area contributed by atoms with Crippen molar-refractivity contribution in [3.63, 3.8) is 0 Å². The molecule has 0 radical (unpaired) electrons. The monoisotopic (exact) mass is 211 g/mol. The lowest BCUT2D eigenvalue weighted by atomic mass is 10.2. The second-order valence-corrected chi connectivity index (χ2v) is 4.01. The molecule has 1 rings (SSSR count). The summed E-state index contributed by atoms with van der Waals surface area (Å²) in [4.78, 5) is 0. The van der Waals surface area contributed by atoms with E-state index in [0.717, 1.165) is 25.4 Å². The third-order valence-corrected chi connectivity index (χ3v) is 2.16. The van der Waals surface area contributed by atoms with Gasteiger partial charge in [0.25, 0.3) is 0 Å². The number of nitrogens with one attached hydrogen (secondary N) is 1. The van der Waals surface area contributed by atoms with Crippen molar-refractivity contribution in [2.75, 3.05) is 13.2 Å². The van der Waals surface area contributed by atoms with Crippen LogP contribution < -0.4 is 5.32 Å². The minimum atomic E-state index is 0.312. The zero-order chi connectivity index (χ0) is 11.3. The van der Waals surface area contributed by atoms with E-state index in [0.29, 0.717) is 6.10 Å². The average Bonchev–Trinajstić information content (AvgIpc) is 2.44. The van der Waals surface area contributed by atoms with E-state index in [9.17, 15) is 0 Å². The van der Waals surface area contributed by atoms with Crippen LogP contribution in [0, 0.1) is 6.92 Å². The minimum absolute atomic E-state index is 0.312. The smallest absolute Gasteiger partial charge is 0.0638 e. The maximum atomic E-state index is 5.43. The first kappa shape index (κ1) is 12.2. The van der Waals surface area contributed by atoms with Gasteiger partial charge in [-0.05, 0) is 20.8 Å². The molecule has 1 aromatic rings. The summed E-state index contributed by atoms with van der Waals surface area (Å²) in [6.45, 7) is 8.63. The van der Waals surface area contributed by atoms with Gasteiger partial charge in [0.1, 0.15) is 0 Å². The summed E-state index contributed by atoms with van der Waals surface area (Å²) in [6.07, 6.45) is 2.36. The van der Waals surface area contributed by atoms with E-state index in [1.807, 2.05) is 38.7 Å².